The Kier molecular flexibility index (Phi) is 4.39. The zero-order chi connectivity index (χ0) is 16.6. The highest BCUT2D eigenvalue weighted by molar-refractivity contribution is 5.95. The van der Waals surface area contributed by atoms with Gasteiger partial charge in [-0.1, -0.05) is 0 Å². The highest BCUT2D eigenvalue weighted by atomic mass is 19.2. The van der Waals surface area contributed by atoms with Gasteiger partial charge < -0.3 is 10.0 Å². The van der Waals surface area contributed by atoms with Crippen LogP contribution in [0, 0.1) is 29.2 Å². The molecule has 0 radical (unpaired) electrons. The van der Waals surface area contributed by atoms with Crippen LogP contribution in [0.15, 0.2) is 6.07 Å². The van der Waals surface area contributed by atoms with E-state index in [1.165, 1.54) is 0 Å². The maximum atomic E-state index is 13.7. The number of carbonyl (C=O) groups is 2. The molecule has 0 aromatic heterocycles. The molecule has 1 aliphatic rings. The van der Waals surface area contributed by atoms with Gasteiger partial charge >= 0.3 is 5.97 Å². The number of benzene rings is 1. The third-order valence-corrected chi connectivity index (χ3v) is 3.83. The van der Waals surface area contributed by atoms with Gasteiger partial charge in [-0.3, -0.25) is 9.59 Å². The van der Waals surface area contributed by atoms with Crippen LogP contribution in [-0.2, 0) is 4.79 Å². The van der Waals surface area contributed by atoms with Gasteiger partial charge in [-0.15, -0.1) is 0 Å². The number of amides is 1. The molecule has 0 spiro atoms. The molecule has 1 saturated heterocycles. The maximum Gasteiger partial charge on any atom is 0.308 e. The van der Waals surface area contributed by atoms with E-state index in [-0.39, 0.29) is 12.6 Å². The van der Waals surface area contributed by atoms with Crippen LogP contribution in [0.4, 0.5) is 17.6 Å². The van der Waals surface area contributed by atoms with Crippen LogP contribution in [0.1, 0.15) is 30.1 Å². The second-order valence-electron chi connectivity index (χ2n) is 5.27. The van der Waals surface area contributed by atoms with Gasteiger partial charge in [-0.05, 0) is 25.8 Å². The van der Waals surface area contributed by atoms with E-state index in [1.54, 1.807) is 6.92 Å². The second-order valence-corrected chi connectivity index (χ2v) is 5.27. The molecule has 22 heavy (non-hydrogen) atoms. The van der Waals surface area contributed by atoms with Crippen LogP contribution in [0.5, 0.6) is 0 Å². The van der Waals surface area contributed by atoms with Crippen molar-refractivity contribution < 1.29 is 32.3 Å². The molecule has 2 unspecified atom stereocenters. The smallest absolute Gasteiger partial charge is 0.308 e. The fourth-order valence-electron chi connectivity index (χ4n) is 2.47. The van der Waals surface area contributed by atoms with E-state index < -0.39 is 52.7 Å². The summed E-state index contributed by atoms with van der Waals surface area (Å²) in [7, 11) is 0. The standard InChI is InChI=1S/C14H13F4NO3/c1-6-2-3-7(14(21)22)5-19(6)13(20)8-4-9(15)11(17)12(18)10(8)16/h4,6-7H,2-3,5H2,1H3,(H,21,22). The van der Waals surface area contributed by atoms with Gasteiger partial charge in [0.05, 0.1) is 11.5 Å². The molecule has 1 aromatic rings. The highest BCUT2D eigenvalue weighted by Crippen LogP contribution is 2.26. The summed E-state index contributed by atoms with van der Waals surface area (Å²) in [5.74, 6) is -10.5. The Hall–Kier alpha value is -2.12. The topological polar surface area (TPSA) is 57.6 Å². The molecule has 1 amide bonds. The normalized spacial score (nSPS) is 21.8. The Balaban J connectivity index is 2.36. The van der Waals surface area contributed by atoms with Crippen molar-refractivity contribution in [1.29, 1.82) is 0 Å². The fourth-order valence-corrected chi connectivity index (χ4v) is 2.47. The molecule has 8 heteroatoms. The SMILES string of the molecule is CC1CCC(C(=O)O)CN1C(=O)c1cc(F)c(F)c(F)c1F. The molecule has 1 fully saturated rings. The van der Waals surface area contributed by atoms with E-state index in [2.05, 4.69) is 0 Å². The van der Waals surface area contributed by atoms with Gasteiger partial charge in [-0.25, -0.2) is 17.6 Å². The van der Waals surface area contributed by atoms with E-state index in [0.717, 1.165) is 4.90 Å². The first-order chi connectivity index (χ1) is 10.2. The summed E-state index contributed by atoms with van der Waals surface area (Å²) in [5, 5.41) is 8.99. The number of rotatable bonds is 2. The number of nitrogens with zero attached hydrogens (tertiary/aromatic N) is 1. The fraction of sp³-hybridized carbons (Fsp3) is 0.429. The van der Waals surface area contributed by atoms with Crippen molar-refractivity contribution in [3.8, 4) is 0 Å². The van der Waals surface area contributed by atoms with Crippen molar-refractivity contribution in [3.05, 3.63) is 34.9 Å². The number of carboxylic acids is 1. The van der Waals surface area contributed by atoms with E-state index in [4.69, 9.17) is 5.11 Å². The molecular weight excluding hydrogens is 306 g/mol. The van der Waals surface area contributed by atoms with Crippen LogP contribution in [0.2, 0.25) is 0 Å². The van der Waals surface area contributed by atoms with Crippen molar-refractivity contribution >= 4 is 11.9 Å². The van der Waals surface area contributed by atoms with Gasteiger partial charge in [0.25, 0.3) is 5.91 Å². The van der Waals surface area contributed by atoms with E-state index in [0.29, 0.717) is 12.8 Å². The number of halogens is 4. The van der Waals surface area contributed by atoms with Gasteiger partial charge in [0.2, 0.25) is 0 Å². The summed E-state index contributed by atoms with van der Waals surface area (Å²) in [5.41, 5.74) is -0.950. The third-order valence-electron chi connectivity index (χ3n) is 3.83. The zero-order valence-corrected chi connectivity index (χ0v) is 11.6. The molecule has 4 nitrogen and oxygen atoms in total. The highest BCUT2D eigenvalue weighted by Gasteiger charge is 2.35. The molecular formula is C14H13F4NO3. The molecule has 0 bridgehead atoms. The lowest BCUT2D eigenvalue weighted by atomic mass is 9.93. The largest absolute Gasteiger partial charge is 0.481 e. The van der Waals surface area contributed by atoms with Crippen LogP contribution in [-0.4, -0.2) is 34.5 Å². The zero-order valence-electron chi connectivity index (χ0n) is 11.6. The predicted octanol–water partition coefficient (Wildman–Crippen LogP) is 2.57. The monoisotopic (exact) mass is 319 g/mol. The van der Waals surface area contributed by atoms with Gasteiger partial charge in [0, 0.05) is 12.6 Å². The van der Waals surface area contributed by atoms with Gasteiger partial charge in [0.15, 0.2) is 23.3 Å². The van der Waals surface area contributed by atoms with Crippen molar-refractivity contribution in [2.24, 2.45) is 5.92 Å². The summed E-state index contributed by atoms with van der Waals surface area (Å²) in [4.78, 5) is 24.3. The van der Waals surface area contributed by atoms with Crippen LogP contribution in [0.25, 0.3) is 0 Å². The lowest BCUT2D eigenvalue weighted by Gasteiger charge is -2.36. The van der Waals surface area contributed by atoms with Crippen molar-refractivity contribution in [2.45, 2.75) is 25.8 Å². The number of carboxylic acid groups (broad SMARTS) is 1. The maximum absolute atomic E-state index is 13.7. The Morgan fingerprint density at radius 2 is 1.77 bits per heavy atom. The van der Waals surface area contributed by atoms with Crippen LogP contribution in [0.3, 0.4) is 0 Å². The summed E-state index contributed by atoms with van der Waals surface area (Å²) in [6, 6.07) is -0.133. The summed E-state index contributed by atoms with van der Waals surface area (Å²) < 4.78 is 53.0. The van der Waals surface area contributed by atoms with Crippen molar-refractivity contribution in [1.82, 2.24) is 4.90 Å². The average molecular weight is 319 g/mol. The van der Waals surface area contributed by atoms with Gasteiger partial charge in [0.1, 0.15) is 0 Å². The average Bonchev–Trinajstić information content (AvgIpc) is 2.48. The molecule has 0 aliphatic carbocycles. The van der Waals surface area contributed by atoms with Crippen molar-refractivity contribution in [3.63, 3.8) is 0 Å². The number of hydrogen-bond donors (Lipinski definition) is 1. The van der Waals surface area contributed by atoms with E-state index in [9.17, 15) is 27.2 Å². The molecule has 1 N–H and O–H groups in total. The van der Waals surface area contributed by atoms with Crippen LogP contribution < -0.4 is 0 Å². The Morgan fingerprint density at radius 1 is 1.14 bits per heavy atom. The van der Waals surface area contributed by atoms with E-state index >= 15 is 0 Å². The Bertz CT molecular complexity index is 635. The molecule has 1 aromatic carbocycles. The van der Waals surface area contributed by atoms with Crippen molar-refractivity contribution in [2.75, 3.05) is 6.54 Å². The lowest BCUT2D eigenvalue weighted by Crippen LogP contribution is -2.47. The molecule has 1 heterocycles. The number of piperidine rings is 1. The minimum absolute atomic E-state index is 0.199. The first kappa shape index (κ1) is 16.3. The summed E-state index contributed by atoms with van der Waals surface area (Å²) in [6.07, 6.45) is 0.700. The number of hydrogen-bond acceptors (Lipinski definition) is 2. The molecule has 2 atom stereocenters. The molecule has 120 valence electrons. The van der Waals surface area contributed by atoms with E-state index in [1.807, 2.05) is 0 Å². The lowest BCUT2D eigenvalue weighted by molar-refractivity contribution is -0.143. The minimum atomic E-state index is -2.07. The second kappa shape index (κ2) is 5.94. The summed E-state index contributed by atoms with van der Waals surface area (Å²) in [6.45, 7) is 1.42. The summed E-state index contributed by atoms with van der Waals surface area (Å²) >= 11 is 0. The molecule has 1 aliphatic heterocycles. The number of carbonyl (C=O) groups excluding carboxylic acids is 1. The molecule has 2 rings (SSSR count). The number of aliphatic carboxylic acids is 1. The molecule has 0 saturated carbocycles. The minimum Gasteiger partial charge on any atom is -0.481 e. The Morgan fingerprint density at radius 3 is 2.36 bits per heavy atom. The van der Waals surface area contributed by atoms with Gasteiger partial charge in [-0.2, -0.15) is 0 Å². The van der Waals surface area contributed by atoms with Crippen LogP contribution >= 0.6 is 0 Å². The predicted molar refractivity (Wildman–Crippen MR) is 67.1 cm³/mol. The number of likely N-dealkylation sites (tertiary alicyclic amines) is 1. The first-order valence-corrected chi connectivity index (χ1v) is 6.60. The first-order valence-electron chi connectivity index (χ1n) is 6.60. The Labute approximate surface area is 123 Å². The third kappa shape index (κ3) is 2.77. The quantitative estimate of drug-likeness (QED) is 0.518.